The van der Waals surface area contributed by atoms with Gasteiger partial charge in [-0.2, -0.15) is 10.4 Å². The Kier molecular flexibility index (Phi) is 3.54. The van der Waals surface area contributed by atoms with Gasteiger partial charge in [0, 0.05) is 11.1 Å². The van der Waals surface area contributed by atoms with Crippen molar-refractivity contribution in [3.05, 3.63) is 71.8 Å². The van der Waals surface area contributed by atoms with Gasteiger partial charge in [-0.25, -0.2) is 0 Å². The summed E-state index contributed by atoms with van der Waals surface area (Å²) in [5.41, 5.74) is 1.79. The summed E-state index contributed by atoms with van der Waals surface area (Å²) in [5, 5.41) is 19.8. The van der Waals surface area contributed by atoms with E-state index >= 15 is 0 Å². The molecule has 2 aromatic rings. The van der Waals surface area contributed by atoms with Crippen molar-refractivity contribution in [2.24, 2.45) is 0 Å². The molecule has 3 heteroatoms. The van der Waals surface area contributed by atoms with Crippen molar-refractivity contribution >= 4 is 0 Å². The standard InChI is InChI=1S/C14H16NO2/c16-15(17,11-13-7-3-1-4-8-13)12-14-9-5-2-6-10-14/h1-10,16-17H,11-12H2/q+1. The Hall–Kier alpha value is -1.68. The predicted molar refractivity (Wildman–Crippen MR) is 64.1 cm³/mol. The number of quaternary nitrogens is 1. The van der Waals surface area contributed by atoms with Gasteiger partial charge in [-0.1, -0.05) is 60.7 Å². The van der Waals surface area contributed by atoms with E-state index in [-0.39, 0.29) is 13.1 Å². The number of hydrogen-bond acceptors (Lipinski definition) is 2. The molecule has 0 aliphatic carbocycles. The molecular weight excluding hydrogens is 214 g/mol. The van der Waals surface area contributed by atoms with E-state index in [2.05, 4.69) is 0 Å². The Bertz CT molecular complexity index is 411. The second-order valence-electron chi connectivity index (χ2n) is 4.17. The van der Waals surface area contributed by atoms with Gasteiger partial charge in [-0.3, -0.25) is 0 Å². The van der Waals surface area contributed by atoms with Crippen LogP contribution in [0.5, 0.6) is 0 Å². The molecule has 0 aliphatic heterocycles. The first-order valence-electron chi connectivity index (χ1n) is 5.56. The fourth-order valence-electron chi connectivity index (χ4n) is 1.81. The third-order valence-electron chi connectivity index (χ3n) is 2.56. The van der Waals surface area contributed by atoms with Gasteiger partial charge in [0.25, 0.3) is 0 Å². The summed E-state index contributed by atoms with van der Waals surface area (Å²) in [4.78, 5) is -1.02. The molecule has 0 spiro atoms. The number of rotatable bonds is 4. The highest BCUT2D eigenvalue weighted by atomic mass is 16.8. The quantitative estimate of drug-likeness (QED) is 0.626. The van der Waals surface area contributed by atoms with Crippen LogP contribution in [0.1, 0.15) is 11.1 Å². The highest BCUT2D eigenvalue weighted by Gasteiger charge is 2.23. The van der Waals surface area contributed by atoms with Crippen molar-refractivity contribution in [3.8, 4) is 0 Å². The smallest absolute Gasteiger partial charge is 0.167 e. The molecule has 0 saturated heterocycles. The normalized spacial score (nSPS) is 11.4. The number of nitrogens with zero attached hydrogens (tertiary/aromatic N) is 1. The molecule has 0 amide bonds. The maximum Gasteiger partial charge on any atom is 0.167 e. The lowest BCUT2D eigenvalue weighted by Gasteiger charge is -2.21. The molecule has 17 heavy (non-hydrogen) atoms. The summed E-state index contributed by atoms with van der Waals surface area (Å²) in [6, 6.07) is 18.9. The van der Waals surface area contributed by atoms with E-state index in [9.17, 15) is 10.4 Å². The van der Waals surface area contributed by atoms with Crippen LogP contribution in [-0.2, 0) is 13.1 Å². The Morgan fingerprint density at radius 1 is 0.647 bits per heavy atom. The minimum atomic E-state index is -1.02. The molecule has 0 aliphatic rings. The zero-order valence-electron chi connectivity index (χ0n) is 9.53. The van der Waals surface area contributed by atoms with Gasteiger partial charge in [-0.05, 0) is 4.81 Å². The van der Waals surface area contributed by atoms with E-state index in [1.54, 1.807) is 0 Å². The van der Waals surface area contributed by atoms with Gasteiger partial charge in [-0.15, -0.1) is 0 Å². The predicted octanol–water partition coefficient (Wildman–Crippen LogP) is 2.98. The summed E-state index contributed by atoms with van der Waals surface area (Å²) < 4.78 is 0. The van der Waals surface area contributed by atoms with E-state index in [1.807, 2.05) is 60.7 Å². The van der Waals surface area contributed by atoms with Gasteiger partial charge in [0.05, 0.1) is 0 Å². The van der Waals surface area contributed by atoms with Crippen molar-refractivity contribution in [2.45, 2.75) is 13.1 Å². The molecule has 0 fully saturated rings. The summed E-state index contributed by atoms with van der Waals surface area (Å²) in [6.45, 7) is 0.353. The molecule has 88 valence electrons. The van der Waals surface area contributed by atoms with Gasteiger partial charge in [0.1, 0.15) is 0 Å². The average molecular weight is 230 g/mol. The van der Waals surface area contributed by atoms with Gasteiger partial charge in [0.2, 0.25) is 0 Å². The van der Waals surface area contributed by atoms with E-state index in [1.165, 1.54) is 0 Å². The summed E-state index contributed by atoms with van der Waals surface area (Å²) in [6.07, 6.45) is 0. The van der Waals surface area contributed by atoms with E-state index in [4.69, 9.17) is 0 Å². The minimum absolute atomic E-state index is 0.176. The van der Waals surface area contributed by atoms with Crippen LogP contribution in [-0.4, -0.2) is 15.2 Å². The van der Waals surface area contributed by atoms with E-state index in [0.29, 0.717) is 0 Å². The number of hydrogen-bond donors (Lipinski definition) is 2. The fraction of sp³-hybridized carbons (Fsp3) is 0.143. The van der Waals surface area contributed by atoms with Crippen LogP contribution in [0, 0.1) is 0 Å². The molecule has 0 radical (unpaired) electrons. The van der Waals surface area contributed by atoms with Crippen LogP contribution in [0.15, 0.2) is 60.7 Å². The molecule has 2 N–H and O–H groups in total. The second kappa shape index (κ2) is 5.10. The first kappa shape index (κ1) is 11.8. The molecule has 0 saturated carbocycles. The Labute approximate surface area is 101 Å². The summed E-state index contributed by atoms with van der Waals surface area (Å²) >= 11 is 0. The number of benzene rings is 2. The van der Waals surface area contributed by atoms with E-state index < -0.39 is 4.81 Å². The highest BCUT2D eigenvalue weighted by molar-refractivity contribution is 5.14. The zero-order chi connectivity index (χ0) is 12.1. The zero-order valence-corrected chi connectivity index (χ0v) is 9.53. The van der Waals surface area contributed by atoms with Crippen LogP contribution >= 0.6 is 0 Å². The third kappa shape index (κ3) is 3.67. The molecule has 0 atom stereocenters. The lowest BCUT2D eigenvalue weighted by molar-refractivity contribution is -1.26. The van der Waals surface area contributed by atoms with Crippen LogP contribution in [0.3, 0.4) is 0 Å². The average Bonchev–Trinajstić information content (AvgIpc) is 2.30. The highest BCUT2D eigenvalue weighted by Crippen LogP contribution is 2.13. The minimum Gasteiger partial charge on any atom is -0.182 e. The summed E-state index contributed by atoms with van der Waals surface area (Å²) in [5.74, 6) is 0. The van der Waals surface area contributed by atoms with Crippen molar-refractivity contribution in [1.82, 2.24) is 0 Å². The molecule has 0 aromatic heterocycles. The summed E-state index contributed by atoms with van der Waals surface area (Å²) in [7, 11) is 0. The molecule has 0 heterocycles. The fourth-order valence-corrected chi connectivity index (χ4v) is 1.81. The van der Waals surface area contributed by atoms with Crippen molar-refractivity contribution in [3.63, 3.8) is 0 Å². The van der Waals surface area contributed by atoms with E-state index in [0.717, 1.165) is 11.1 Å². The first-order chi connectivity index (χ1) is 8.16. The Balaban J connectivity index is 2.04. The van der Waals surface area contributed by atoms with Crippen molar-refractivity contribution in [1.29, 1.82) is 0 Å². The van der Waals surface area contributed by atoms with Crippen molar-refractivity contribution in [2.75, 3.05) is 0 Å². The molecule has 2 aromatic carbocycles. The third-order valence-corrected chi connectivity index (χ3v) is 2.56. The van der Waals surface area contributed by atoms with Crippen LogP contribution in [0.4, 0.5) is 0 Å². The topological polar surface area (TPSA) is 40.5 Å². The van der Waals surface area contributed by atoms with Crippen LogP contribution < -0.4 is 0 Å². The maximum absolute atomic E-state index is 9.91. The molecule has 2 rings (SSSR count). The van der Waals surface area contributed by atoms with Crippen LogP contribution in [0.25, 0.3) is 0 Å². The monoisotopic (exact) mass is 230 g/mol. The lowest BCUT2D eigenvalue weighted by Crippen LogP contribution is -2.39. The SMILES string of the molecule is O[N+](O)(Cc1ccccc1)Cc1ccccc1. The molecule has 0 bridgehead atoms. The molecular formula is C14H16NO2+. The molecule has 0 unspecified atom stereocenters. The maximum atomic E-state index is 9.91. The van der Waals surface area contributed by atoms with Gasteiger partial charge < -0.3 is 0 Å². The van der Waals surface area contributed by atoms with Gasteiger partial charge in [0.15, 0.2) is 13.1 Å². The first-order valence-corrected chi connectivity index (χ1v) is 5.56. The Morgan fingerprint density at radius 3 is 1.35 bits per heavy atom. The van der Waals surface area contributed by atoms with Crippen molar-refractivity contribution < 1.29 is 15.2 Å². The van der Waals surface area contributed by atoms with Gasteiger partial charge >= 0.3 is 0 Å². The van der Waals surface area contributed by atoms with Crippen LogP contribution in [0.2, 0.25) is 0 Å². The number of hydroxylamine groups is 4. The second-order valence-corrected chi connectivity index (χ2v) is 4.17. The largest absolute Gasteiger partial charge is 0.182 e. The lowest BCUT2D eigenvalue weighted by atomic mass is 10.2. The molecule has 3 nitrogen and oxygen atoms in total. The Morgan fingerprint density at radius 2 is 1.00 bits per heavy atom.